The van der Waals surface area contributed by atoms with E-state index in [4.69, 9.17) is 14.7 Å². The number of benzene rings is 1. The smallest absolute Gasteiger partial charge is 0.220 e. The van der Waals surface area contributed by atoms with Crippen LogP contribution in [0.1, 0.15) is 63.4 Å². The molecule has 25 heavy (non-hydrogen) atoms. The maximum atomic E-state index is 12.1. The molecule has 0 aromatic heterocycles. The summed E-state index contributed by atoms with van der Waals surface area (Å²) in [6, 6.07) is 7.48. The summed E-state index contributed by atoms with van der Waals surface area (Å²) in [5.74, 6) is 1.25. The minimum Gasteiger partial charge on any atom is -0.493 e. The first-order chi connectivity index (χ1) is 12.2. The third-order valence-electron chi connectivity index (χ3n) is 4.57. The minimum atomic E-state index is 0.112. The van der Waals surface area contributed by atoms with Crippen LogP contribution in [0.5, 0.6) is 11.5 Å². The molecule has 1 fully saturated rings. The number of carbonyl (C=O) groups is 1. The number of ether oxygens (including phenoxy) is 2. The van der Waals surface area contributed by atoms with Crippen molar-refractivity contribution in [2.45, 2.75) is 63.8 Å². The fraction of sp³-hybridized carbons (Fsp3) is 0.600. The van der Waals surface area contributed by atoms with Gasteiger partial charge in [-0.05, 0) is 31.4 Å². The van der Waals surface area contributed by atoms with E-state index in [1.165, 1.54) is 32.1 Å². The largest absolute Gasteiger partial charge is 0.493 e. The van der Waals surface area contributed by atoms with Crippen LogP contribution >= 0.6 is 0 Å². The fourth-order valence-corrected chi connectivity index (χ4v) is 3.17. The van der Waals surface area contributed by atoms with Crippen molar-refractivity contribution in [3.05, 3.63) is 23.8 Å². The highest BCUT2D eigenvalue weighted by Gasteiger charge is 2.14. The summed E-state index contributed by atoms with van der Waals surface area (Å²) in [5.41, 5.74) is 0.530. The summed E-state index contributed by atoms with van der Waals surface area (Å²) in [4.78, 5) is 12.1. The molecule has 0 radical (unpaired) electrons. The lowest BCUT2D eigenvalue weighted by molar-refractivity contribution is -0.122. The van der Waals surface area contributed by atoms with Gasteiger partial charge in [-0.25, -0.2) is 0 Å². The van der Waals surface area contributed by atoms with Crippen molar-refractivity contribution in [2.75, 3.05) is 13.7 Å². The molecular weight excluding hydrogens is 316 g/mol. The Labute approximate surface area is 150 Å². The number of nitrogens with zero attached hydrogens (tertiary/aromatic N) is 1. The van der Waals surface area contributed by atoms with Crippen LogP contribution in [-0.2, 0) is 4.79 Å². The van der Waals surface area contributed by atoms with Crippen LogP contribution in [0.2, 0.25) is 0 Å². The van der Waals surface area contributed by atoms with Gasteiger partial charge in [0.25, 0.3) is 0 Å². The van der Waals surface area contributed by atoms with Crippen molar-refractivity contribution < 1.29 is 14.3 Å². The normalized spacial score (nSPS) is 15.5. The van der Waals surface area contributed by atoms with Crippen molar-refractivity contribution >= 4 is 5.91 Å². The number of nitriles is 1. The van der Waals surface area contributed by atoms with Gasteiger partial charge in [0.05, 0.1) is 25.3 Å². The summed E-state index contributed by atoms with van der Waals surface area (Å²) in [5, 5.41) is 12.1. The third kappa shape index (κ3) is 6.66. The number of amides is 1. The van der Waals surface area contributed by atoms with Gasteiger partial charge < -0.3 is 14.8 Å². The molecule has 0 aliphatic heterocycles. The zero-order chi connectivity index (χ0) is 17.9. The first-order valence-corrected chi connectivity index (χ1v) is 9.23. The van der Waals surface area contributed by atoms with Crippen LogP contribution in [-0.4, -0.2) is 25.7 Å². The van der Waals surface area contributed by atoms with E-state index in [-0.39, 0.29) is 5.91 Å². The van der Waals surface area contributed by atoms with Gasteiger partial charge in [0.1, 0.15) is 0 Å². The molecule has 1 aliphatic carbocycles. The molecule has 0 atom stereocenters. The lowest BCUT2D eigenvalue weighted by Gasteiger charge is -2.21. The molecule has 5 heteroatoms. The van der Waals surface area contributed by atoms with Crippen molar-refractivity contribution in [3.8, 4) is 17.6 Å². The molecule has 2 rings (SSSR count). The van der Waals surface area contributed by atoms with E-state index in [2.05, 4.69) is 11.4 Å². The minimum absolute atomic E-state index is 0.112. The zero-order valence-electron chi connectivity index (χ0n) is 15.1. The van der Waals surface area contributed by atoms with E-state index in [9.17, 15) is 4.79 Å². The Morgan fingerprint density at radius 2 is 1.92 bits per heavy atom. The highest BCUT2D eigenvalue weighted by Crippen LogP contribution is 2.28. The fourth-order valence-electron chi connectivity index (χ4n) is 3.17. The van der Waals surface area contributed by atoms with Crippen LogP contribution in [0.15, 0.2) is 18.2 Å². The highest BCUT2D eigenvalue weighted by molar-refractivity contribution is 5.76. The van der Waals surface area contributed by atoms with Gasteiger partial charge in [-0.15, -0.1) is 0 Å². The van der Waals surface area contributed by atoms with Crippen molar-refractivity contribution in [1.29, 1.82) is 5.26 Å². The Morgan fingerprint density at radius 1 is 1.20 bits per heavy atom. The quantitative estimate of drug-likeness (QED) is 0.760. The maximum absolute atomic E-state index is 12.1. The first-order valence-electron chi connectivity index (χ1n) is 9.23. The second-order valence-electron chi connectivity index (χ2n) is 6.54. The molecular formula is C20H28N2O3. The van der Waals surface area contributed by atoms with Gasteiger partial charge >= 0.3 is 0 Å². The Hall–Kier alpha value is -2.22. The standard InChI is InChI=1S/C20H28N2O3/c1-24-19-14-16(15-21)11-12-18(19)25-13-7-10-20(23)22-17-8-5-3-2-4-6-9-17/h11-12,14,17H,2-10,13H2,1H3,(H,22,23). The van der Waals surface area contributed by atoms with E-state index in [1.54, 1.807) is 25.3 Å². The predicted molar refractivity (Wildman–Crippen MR) is 96.7 cm³/mol. The summed E-state index contributed by atoms with van der Waals surface area (Å²) in [6.45, 7) is 0.445. The van der Waals surface area contributed by atoms with E-state index < -0.39 is 0 Å². The van der Waals surface area contributed by atoms with Gasteiger partial charge in [0.2, 0.25) is 5.91 Å². The SMILES string of the molecule is COc1cc(C#N)ccc1OCCCC(=O)NC1CCCCCCC1. The summed E-state index contributed by atoms with van der Waals surface area (Å²) >= 11 is 0. The van der Waals surface area contributed by atoms with Gasteiger partial charge in [-0.3, -0.25) is 4.79 Å². The number of carbonyl (C=O) groups excluding carboxylic acids is 1. The Balaban J connectivity index is 1.70. The number of hydrogen-bond acceptors (Lipinski definition) is 4. The van der Waals surface area contributed by atoms with Crippen LogP contribution in [0.25, 0.3) is 0 Å². The topological polar surface area (TPSA) is 71.3 Å². The number of methoxy groups -OCH3 is 1. The predicted octanol–water partition coefficient (Wildman–Crippen LogP) is 3.95. The summed E-state index contributed by atoms with van der Waals surface area (Å²) < 4.78 is 10.9. The Bertz CT molecular complexity index is 587. The van der Waals surface area contributed by atoms with Crippen LogP contribution in [0.4, 0.5) is 0 Å². The van der Waals surface area contributed by atoms with Gasteiger partial charge in [-0.1, -0.05) is 32.1 Å². The second kappa shape index (κ2) is 10.6. The molecule has 1 aliphatic rings. The molecule has 0 saturated heterocycles. The van der Waals surface area contributed by atoms with E-state index in [0.717, 1.165) is 12.8 Å². The molecule has 1 amide bonds. The molecule has 5 nitrogen and oxygen atoms in total. The average molecular weight is 344 g/mol. The lowest BCUT2D eigenvalue weighted by atomic mass is 9.96. The number of nitrogens with one attached hydrogen (secondary N) is 1. The monoisotopic (exact) mass is 344 g/mol. The van der Waals surface area contributed by atoms with E-state index >= 15 is 0 Å². The molecule has 1 N–H and O–H groups in total. The highest BCUT2D eigenvalue weighted by atomic mass is 16.5. The molecule has 0 unspecified atom stereocenters. The first kappa shape index (κ1) is 19.1. The van der Waals surface area contributed by atoms with Crippen molar-refractivity contribution in [2.24, 2.45) is 0 Å². The van der Waals surface area contributed by atoms with Gasteiger partial charge in [0, 0.05) is 18.5 Å². The molecule has 0 bridgehead atoms. The number of hydrogen-bond donors (Lipinski definition) is 1. The van der Waals surface area contributed by atoms with Gasteiger partial charge in [-0.2, -0.15) is 5.26 Å². The molecule has 0 heterocycles. The molecule has 1 aromatic rings. The molecule has 136 valence electrons. The average Bonchev–Trinajstić information content (AvgIpc) is 2.61. The van der Waals surface area contributed by atoms with Crippen molar-refractivity contribution in [3.63, 3.8) is 0 Å². The van der Waals surface area contributed by atoms with Crippen LogP contribution in [0.3, 0.4) is 0 Å². The third-order valence-corrected chi connectivity index (χ3v) is 4.57. The number of rotatable bonds is 7. The van der Waals surface area contributed by atoms with Crippen molar-refractivity contribution in [1.82, 2.24) is 5.32 Å². The second-order valence-corrected chi connectivity index (χ2v) is 6.54. The van der Waals surface area contributed by atoms with Gasteiger partial charge in [0.15, 0.2) is 11.5 Å². The van der Waals surface area contributed by atoms with E-state index in [0.29, 0.717) is 42.6 Å². The zero-order valence-corrected chi connectivity index (χ0v) is 15.1. The summed E-state index contributed by atoms with van der Waals surface area (Å²) in [7, 11) is 1.55. The summed E-state index contributed by atoms with van der Waals surface area (Å²) in [6.07, 6.45) is 9.65. The molecule has 1 saturated carbocycles. The lowest BCUT2D eigenvalue weighted by Crippen LogP contribution is -2.35. The van der Waals surface area contributed by atoms with E-state index in [1.807, 2.05) is 0 Å². The molecule has 0 spiro atoms. The Morgan fingerprint density at radius 3 is 2.60 bits per heavy atom. The Kier molecular flexibility index (Phi) is 8.11. The van der Waals surface area contributed by atoms with Crippen LogP contribution in [0, 0.1) is 11.3 Å². The molecule has 1 aromatic carbocycles. The van der Waals surface area contributed by atoms with Crippen LogP contribution < -0.4 is 14.8 Å². The maximum Gasteiger partial charge on any atom is 0.220 e.